The molecule has 0 aliphatic rings. The normalized spacial score (nSPS) is 14.4. The number of aliphatic carboxylic acids is 1. The predicted molar refractivity (Wildman–Crippen MR) is 66.3 cm³/mol. The van der Waals surface area contributed by atoms with Crippen LogP contribution in [0.15, 0.2) is 0 Å². The summed E-state index contributed by atoms with van der Waals surface area (Å²) < 4.78 is 0. The number of hydrogen-bond acceptors (Lipinski definition) is 3. The van der Waals surface area contributed by atoms with Gasteiger partial charge in [0.2, 0.25) is 0 Å². The zero-order chi connectivity index (χ0) is 13.2. The summed E-state index contributed by atoms with van der Waals surface area (Å²) >= 11 is 0. The molecule has 1 aromatic heterocycles. The lowest BCUT2D eigenvalue weighted by Gasteiger charge is -2.16. The third kappa shape index (κ3) is 2.81. The van der Waals surface area contributed by atoms with E-state index in [1.54, 1.807) is 6.92 Å². The van der Waals surface area contributed by atoms with Crippen LogP contribution in [0.3, 0.4) is 0 Å². The summed E-state index contributed by atoms with van der Waals surface area (Å²) in [4.78, 5) is 19.9. The summed E-state index contributed by atoms with van der Waals surface area (Å²) in [6, 6.07) is 0. The third-order valence-corrected chi connectivity index (χ3v) is 3.20. The van der Waals surface area contributed by atoms with Crippen LogP contribution in [-0.4, -0.2) is 21.0 Å². The SMILES string of the molecule is CCC(C)c1nc(C)c(C(C)C(=O)O)c(C)n1. The molecule has 0 bridgehead atoms. The molecule has 1 rings (SSSR count). The monoisotopic (exact) mass is 236 g/mol. The zero-order valence-corrected chi connectivity index (χ0v) is 11.1. The number of aromatic nitrogens is 2. The van der Waals surface area contributed by atoms with Crippen LogP contribution < -0.4 is 0 Å². The van der Waals surface area contributed by atoms with Crippen molar-refractivity contribution >= 4 is 5.97 Å². The molecule has 1 N–H and O–H groups in total. The quantitative estimate of drug-likeness (QED) is 0.873. The van der Waals surface area contributed by atoms with Gasteiger partial charge in [-0.25, -0.2) is 9.97 Å². The molecule has 0 saturated heterocycles. The van der Waals surface area contributed by atoms with Gasteiger partial charge in [0, 0.05) is 22.9 Å². The molecule has 0 spiro atoms. The van der Waals surface area contributed by atoms with Crippen LogP contribution in [-0.2, 0) is 4.79 Å². The fourth-order valence-corrected chi connectivity index (χ4v) is 1.90. The minimum atomic E-state index is -0.837. The van der Waals surface area contributed by atoms with Gasteiger partial charge in [0.05, 0.1) is 5.92 Å². The molecular weight excluding hydrogens is 216 g/mol. The van der Waals surface area contributed by atoms with Crippen LogP contribution in [0.2, 0.25) is 0 Å². The Balaban J connectivity index is 3.24. The first-order valence-corrected chi connectivity index (χ1v) is 5.96. The van der Waals surface area contributed by atoms with Crippen LogP contribution in [0, 0.1) is 13.8 Å². The van der Waals surface area contributed by atoms with E-state index in [4.69, 9.17) is 5.11 Å². The fraction of sp³-hybridized carbons (Fsp3) is 0.615. The van der Waals surface area contributed by atoms with Crippen LogP contribution in [0.4, 0.5) is 0 Å². The van der Waals surface area contributed by atoms with E-state index in [0.717, 1.165) is 29.2 Å². The summed E-state index contributed by atoms with van der Waals surface area (Å²) in [6.45, 7) is 9.55. The van der Waals surface area contributed by atoms with E-state index in [9.17, 15) is 4.79 Å². The lowest BCUT2D eigenvalue weighted by molar-refractivity contribution is -0.138. The molecule has 2 atom stereocenters. The molecule has 0 aliphatic carbocycles. The van der Waals surface area contributed by atoms with Crippen LogP contribution >= 0.6 is 0 Å². The topological polar surface area (TPSA) is 63.1 Å². The van der Waals surface area contributed by atoms with E-state index in [1.807, 2.05) is 13.8 Å². The fourth-order valence-electron chi connectivity index (χ4n) is 1.90. The Morgan fingerprint density at radius 1 is 1.24 bits per heavy atom. The van der Waals surface area contributed by atoms with Gasteiger partial charge in [0.1, 0.15) is 5.82 Å². The summed E-state index contributed by atoms with van der Waals surface area (Å²) in [5.74, 6) is -0.275. The third-order valence-electron chi connectivity index (χ3n) is 3.20. The van der Waals surface area contributed by atoms with E-state index in [0.29, 0.717) is 5.92 Å². The van der Waals surface area contributed by atoms with Crippen LogP contribution in [0.5, 0.6) is 0 Å². The van der Waals surface area contributed by atoms with Crippen LogP contribution in [0.25, 0.3) is 0 Å². The number of carboxylic acids is 1. The van der Waals surface area contributed by atoms with Gasteiger partial charge in [-0.1, -0.05) is 13.8 Å². The Morgan fingerprint density at radius 3 is 2.06 bits per heavy atom. The molecule has 1 aromatic rings. The Morgan fingerprint density at radius 2 is 1.71 bits per heavy atom. The second-order valence-corrected chi connectivity index (χ2v) is 4.54. The average molecular weight is 236 g/mol. The van der Waals surface area contributed by atoms with Crippen molar-refractivity contribution in [1.82, 2.24) is 9.97 Å². The summed E-state index contributed by atoms with van der Waals surface area (Å²) in [5.41, 5.74) is 2.30. The van der Waals surface area contributed by atoms with Gasteiger partial charge in [0.25, 0.3) is 0 Å². The van der Waals surface area contributed by atoms with Gasteiger partial charge in [-0.2, -0.15) is 0 Å². The molecule has 2 unspecified atom stereocenters. The van der Waals surface area contributed by atoms with Gasteiger partial charge in [0.15, 0.2) is 0 Å². The zero-order valence-electron chi connectivity index (χ0n) is 11.1. The highest BCUT2D eigenvalue weighted by molar-refractivity contribution is 5.76. The minimum absolute atomic E-state index is 0.307. The molecule has 0 aliphatic heterocycles. The molecule has 94 valence electrons. The molecule has 0 fully saturated rings. The lowest BCUT2D eigenvalue weighted by Crippen LogP contribution is -2.15. The number of nitrogens with zero attached hydrogens (tertiary/aromatic N) is 2. The van der Waals surface area contributed by atoms with E-state index in [1.165, 1.54) is 0 Å². The lowest BCUT2D eigenvalue weighted by atomic mass is 9.97. The highest BCUT2D eigenvalue weighted by Gasteiger charge is 2.21. The van der Waals surface area contributed by atoms with Gasteiger partial charge in [-0.3, -0.25) is 4.79 Å². The Hall–Kier alpha value is -1.45. The number of carbonyl (C=O) groups is 1. The molecule has 0 aromatic carbocycles. The first kappa shape index (κ1) is 13.6. The first-order valence-electron chi connectivity index (χ1n) is 5.96. The molecular formula is C13H20N2O2. The molecule has 17 heavy (non-hydrogen) atoms. The number of carboxylic acid groups (broad SMARTS) is 1. The second-order valence-electron chi connectivity index (χ2n) is 4.54. The van der Waals surface area contributed by atoms with Crippen molar-refractivity contribution in [2.45, 2.75) is 52.9 Å². The maximum atomic E-state index is 11.0. The van der Waals surface area contributed by atoms with Crippen molar-refractivity contribution in [2.75, 3.05) is 0 Å². The Labute approximate surface area is 102 Å². The van der Waals surface area contributed by atoms with E-state index in [2.05, 4.69) is 23.8 Å². The van der Waals surface area contributed by atoms with E-state index < -0.39 is 11.9 Å². The molecule has 4 heteroatoms. The molecule has 1 heterocycles. The number of hydrogen-bond donors (Lipinski definition) is 1. The molecule has 0 saturated carbocycles. The Kier molecular flexibility index (Phi) is 4.21. The van der Waals surface area contributed by atoms with Gasteiger partial charge < -0.3 is 5.11 Å². The van der Waals surface area contributed by atoms with Crippen LogP contribution in [0.1, 0.15) is 61.8 Å². The van der Waals surface area contributed by atoms with Gasteiger partial charge in [-0.15, -0.1) is 0 Å². The highest BCUT2D eigenvalue weighted by atomic mass is 16.4. The standard InChI is InChI=1S/C13H20N2O2/c1-6-7(2)12-14-9(4)11(10(5)15-12)8(3)13(16)17/h7-8H,6H2,1-5H3,(H,16,17). The minimum Gasteiger partial charge on any atom is -0.481 e. The predicted octanol–water partition coefficient (Wildman–Crippen LogP) is 2.80. The summed E-state index contributed by atoms with van der Waals surface area (Å²) in [5, 5.41) is 9.05. The molecule has 0 amide bonds. The van der Waals surface area contributed by atoms with E-state index in [-0.39, 0.29) is 0 Å². The van der Waals surface area contributed by atoms with Crippen molar-refractivity contribution in [3.63, 3.8) is 0 Å². The molecule has 0 radical (unpaired) electrons. The number of rotatable bonds is 4. The van der Waals surface area contributed by atoms with Crippen molar-refractivity contribution in [3.8, 4) is 0 Å². The maximum Gasteiger partial charge on any atom is 0.310 e. The first-order chi connectivity index (χ1) is 7.88. The summed E-state index contributed by atoms with van der Waals surface area (Å²) in [6.07, 6.45) is 0.979. The maximum absolute atomic E-state index is 11.0. The number of aryl methyl sites for hydroxylation is 2. The van der Waals surface area contributed by atoms with Crippen molar-refractivity contribution in [1.29, 1.82) is 0 Å². The van der Waals surface area contributed by atoms with Gasteiger partial charge >= 0.3 is 5.97 Å². The molecule has 4 nitrogen and oxygen atoms in total. The Bertz CT molecular complexity index is 406. The average Bonchev–Trinajstić information content (AvgIpc) is 2.26. The van der Waals surface area contributed by atoms with Crippen molar-refractivity contribution < 1.29 is 9.90 Å². The highest BCUT2D eigenvalue weighted by Crippen LogP contribution is 2.24. The summed E-state index contributed by atoms with van der Waals surface area (Å²) in [7, 11) is 0. The van der Waals surface area contributed by atoms with E-state index >= 15 is 0 Å². The second kappa shape index (κ2) is 5.25. The smallest absolute Gasteiger partial charge is 0.310 e. The largest absolute Gasteiger partial charge is 0.481 e. The van der Waals surface area contributed by atoms with Gasteiger partial charge in [-0.05, 0) is 27.2 Å². The van der Waals surface area contributed by atoms with Crippen molar-refractivity contribution in [3.05, 3.63) is 22.8 Å². The van der Waals surface area contributed by atoms with Crippen molar-refractivity contribution in [2.24, 2.45) is 0 Å².